The average molecular weight is 362 g/mol. The molecule has 0 bridgehead atoms. The summed E-state index contributed by atoms with van der Waals surface area (Å²) >= 11 is 14.9. The van der Waals surface area contributed by atoms with Gasteiger partial charge >= 0.3 is 5.97 Å². The average Bonchev–Trinajstić information content (AvgIpc) is 2.26. The van der Waals surface area contributed by atoms with Gasteiger partial charge in [0.05, 0.1) is 0 Å². The number of rotatable bonds is 3. The van der Waals surface area contributed by atoms with E-state index >= 15 is 0 Å². The highest BCUT2D eigenvalue weighted by Crippen LogP contribution is 2.33. The Morgan fingerprint density at radius 1 is 1.16 bits per heavy atom. The van der Waals surface area contributed by atoms with E-state index in [2.05, 4.69) is 15.9 Å². The molecule has 0 fully saturated rings. The molecule has 0 aliphatic rings. The van der Waals surface area contributed by atoms with Crippen LogP contribution >= 0.6 is 39.1 Å². The molecule has 0 aliphatic carbocycles. The van der Waals surface area contributed by atoms with Crippen LogP contribution in [0.3, 0.4) is 0 Å². The maximum absolute atomic E-state index is 11.2. The fourth-order valence-corrected chi connectivity index (χ4v) is 2.53. The standard InChI is InChI=1S/C13H7BrCl2O3/c14-10-2-1-3-11(12(10)13(17)18)19-9-5-7(15)4-8(16)6-9/h1-6H,(H,17,18). The molecule has 0 amide bonds. The molecule has 0 aromatic heterocycles. The van der Waals surface area contributed by atoms with Crippen LogP contribution in [0.5, 0.6) is 11.5 Å². The highest BCUT2D eigenvalue weighted by molar-refractivity contribution is 9.10. The predicted octanol–water partition coefficient (Wildman–Crippen LogP) is 5.25. The number of halogens is 3. The van der Waals surface area contributed by atoms with Gasteiger partial charge in [-0.25, -0.2) is 4.79 Å². The molecule has 2 aromatic rings. The van der Waals surface area contributed by atoms with Crippen molar-refractivity contribution in [1.29, 1.82) is 0 Å². The molecule has 98 valence electrons. The second kappa shape index (κ2) is 5.82. The lowest BCUT2D eigenvalue weighted by Crippen LogP contribution is -2.01. The van der Waals surface area contributed by atoms with Crippen molar-refractivity contribution in [3.05, 3.63) is 56.5 Å². The molecule has 2 rings (SSSR count). The van der Waals surface area contributed by atoms with Gasteiger partial charge in [-0.05, 0) is 46.3 Å². The maximum atomic E-state index is 11.2. The van der Waals surface area contributed by atoms with E-state index in [1.54, 1.807) is 36.4 Å². The third-order valence-corrected chi connectivity index (χ3v) is 3.35. The molecule has 3 nitrogen and oxygen atoms in total. The Morgan fingerprint density at radius 3 is 2.37 bits per heavy atom. The molecule has 0 aliphatic heterocycles. The lowest BCUT2D eigenvalue weighted by Gasteiger charge is -2.10. The number of carboxylic acids is 1. The zero-order valence-corrected chi connectivity index (χ0v) is 12.5. The van der Waals surface area contributed by atoms with E-state index in [0.29, 0.717) is 20.3 Å². The first-order chi connectivity index (χ1) is 8.97. The summed E-state index contributed by atoms with van der Waals surface area (Å²) in [6, 6.07) is 9.54. The van der Waals surface area contributed by atoms with E-state index in [1.165, 1.54) is 0 Å². The minimum absolute atomic E-state index is 0.0404. The molecular formula is C13H7BrCl2O3. The van der Waals surface area contributed by atoms with Crippen molar-refractivity contribution >= 4 is 45.1 Å². The lowest BCUT2D eigenvalue weighted by molar-refractivity contribution is 0.0693. The van der Waals surface area contributed by atoms with Crippen LogP contribution in [0.25, 0.3) is 0 Å². The van der Waals surface area contributed by atoms with Crippen LogP contribution in [0.2, 0.25) is 10.0 Å². The van der Waals surface area contributed by atoms with Gasteiger partial charge in [0.15, 0.2) is 0 Å². The molecule has 0 saturated carbocycles. The second-order valence-corrected chi connectivity index (χ2v) is 5.35. The number of aromatic carboxylic acids is 1. The van der Waals surface area contributed by atoms with Crippen LogP contribution in [-0.4, -0.2) is 11.1 Å². The van der Waals surface area contributed by atoms with E-state index in [1.807, 2.05) is 0 Å². The van der Waals surface area contributed by atoms with Gasteiger partial charge in [0.1, 0.15) is 17.1 Å². The predicted molar refractivity (Wildman–Crippen MR) is 77.6 cm³/mol. The number of ether oxygens (including phenoxy) is 1. The van der Waals surface area contributed by atoms with Gasteiger partial charge in [-0.2, -0.15) is 0 Å². The first-order valence-electron chi connectivity index (χ1n) is 5.13. The number of hydrogen-bond donors (Lipinski definition) is 1. The monoisotopic (exact) mass is 360 g/mol. The zero-order chi connectivity index (χ0) is 14.0. The number of carbonyl (C=O) groups is 1. The van der Waals surface area contributed by atoms with Crippen LogP contribution in [0.4, 0.5) is 0 Å². The van der Waals surface area contributed by atoms with Crippen molar-refractivity contribution in [2.24, 2.45) is 0 Å². The van der Waals surface area contributed by atoms with Crippen LogP contribution in [0, 0.1) is 0 Å². The topological polar surface area (TPSA) is 46.5 Å². The van der Waals surface area contributed by atoms with Crippen molar-refractivity contribution in [3.8, 4) is 11.5 Å². The molecule has 0 spiro atoms. The Bertz CT molecular complexity index is 624. The summed E-state index contributed by atoms with van der Waals surface area (Å²) in [5, 5.41) is 9.99. The Morgan fingerprint density at radius 2 is 1.79 bits per heavy atom. The van der Waals surface area contributed by atoms with E-state index < -0.39 is 5.97 Å². The molecule has 0 saturated heterocycles. The molecule has 0 heterocycles. The molecular weight excluding hydrogens is 355 g/mol. The van der Waals surface area contributed by atoms with Gasteiger partial charge in [-0.15, -0.1) is 0 Å². The molecule has 19 heavy (non-hydrogen) atoms. The van der Waals surface area contributed by atoms with Crippen LogP contribution in [0.15, 0.2) is 40.9 Å². The van der Waals surface area contributed by atoms with Crippen molar-refractivity contribution in [1.82, 2.24) is 0 Å². The Hall–Kier alpha value is -1.23. The summed E-state index contributed by atoms with van der Waals surface area (Å²) in [6.45, 7) is 0. The van der Waals surface area contributed by atoms with Crippen molar-refractivity contribution in [2.45, 2.75) is 0 Å². The van der Waals surface area contributed by atoms with E-state index in [0.717, 1.165) is 0 Å². The minimum atomic E-state index is -1.09. The van der Waals surface area contributed by atoms with Crippen molar-refractivity contribution in [3.63, 3.8) is 0 Å². The summed E-state index contributed by atoms with van der Waals surface area (Å²) in [5.74, 6) is -0.506. The van der Waals surface area contributed by atoms with E-state index in [-0.39, 0.29) is 11.3 Å². The zero-order valence-electron chi connectivity index (χ0n) is 9.36. The summed E-state index contributed by atoms with van der Waals surface area (Å²) in [7, 11) is 0. The molecule has 0 atom stereocenters. The quantitative estimate of drug-likeness (QED) is 0.812. The Kier molecular flexibility index (Phi) is 4.34. The summed E-state index contributed by atoms with van der Waals surface area (Å²) < 4.78 is 5.97. The van der Waals surface area contributed by atoms with E-state index in [9.17, 15) is 9.90 Å². The molecule has 6 heteroatoms. The van der Waals surface area contributed by atoms with Gasteiger partial charge in [0.25, 0.3) is 0 Å². The lowest BCUT2D eigenvalue weighted by atomic mass is 10.2. The summed E-state index contributed by atoms with van der Waals surface area (Å²) in [4.78, 5) is 11.2. The Labute approximate surface area is 127 Å². The van der Waals surface area contributed by atoms with Gasteiger partial charge in [0, 0.05) is 14.5 Å². The number of benzene rings is 2. The highest BCUT2D eigenvalue weighted by atomic mass is 79.9. The van der Waals surface area contributed by atoms with Crippen molar-refractivity contribution < 1.29 is 14.6 Å². The smallest absolute Gasteiger partial charge is 0.340 e. The van der Waals surface area contributed by atoms with Gasteiger partial charge in [-0.3, -0.25) is 0 Å². The third kappa shape index (κ3) is 3.41. The van der Waals surface area contributed by atoms with Crippen LogP contribution in [0.1, 0.15) is 10.4 Å². The fourth-order valence-electron chi connectivity index (χ4n) is 1.51. The van der Waals surface area contributed by atoms with Crippen LogP contribution in [-0.2, 0) is 0 Å². The summed E-state index contributed by atoms with van der Waals surface area (Å²) in [6.07, 6.45) is 0. The Balaban J connectivity index is 2.43. The van der Waals surface area contributed by atoms with Gasteiger partial charge < -0.3 is 9.84 Å². The normalized spacial score (nSPS) is 10.3. The molecule has 0 unspecified atom stereocenters. The maximum Gasteiger partial charge on any atom is 0.340 e. The van der Waals surface area contributed by atoms with Crippen molar-refractivity contribution in [2.75, 3.05) is 0 Å². The molecule has 0 radical (unpaired) electrons. The third-order valence-electron chi connectivity index (χ3n) is 2.25. The van der Waals surface area contributed by atoms with Gasteiger partial charge in [0.2, 0.25) is 0 Å². The number of carboxylic acid groups (broad SMARTS) is 1. The van der Waals surface area contributed by atoms with Crippen LogP contribution < -0.4 is 4.74 Å². The SMILES string of the molecule is O=C(O)c1c(Br)cccc1Oc1cc(Cl)cc(Cl)c1. The largest absolute Gasteiger partial charge is 0.478 e. The first kappa shape index (κ1) is 14.2. The molecule has 1 N–H and O–H groups in total. The second-order valence-electron chi connectivity index (χ2n) is 3.63. The fraction of sp³-hybridized carbons (Fsp3) is 0. The number of hydrogen-bond acceptors (Lipinski definition) is 2. The molecule has 2 aromatic carbocycles. The van der Waals surface area contributed by atoms with E-state index in [4.69, 9.17) is 27.9 Å². The minimum Gasteiger partial charge on any atom is -0.478 e. The summed E-state index contributed by atoms with van der Waals surface area (Å²) in [5.41, 5.74) is 0.0404. The first-order valence-corrected chi connectivity index (χ1v) is 6.68. The van der Waals surface area contributed by atoms with Gasteiger partial charge in [-0.1, -0.05) is 29.3 Å². The highest BCUT2D eigenvalue weighted by Gasteiger charge is 2.16.